The van der Waals surface area contributed by atoms with Crippen LogP contribution in [0.25, 0.3) is 0 Å². The van der Waals surface area contributed by atoms with Crippen molar-refractivity contribution in [1.82, 2.24) is 4.90 Å². The maximum absolute atomic E-state index is 9.56. The van der Waals surface area contributed by atoms with Crippen molar-refractivity contribution in [2.45, 2.75) is 38.4 Å². The Morgan fingerprint density at radius 1 is 1.31 bits per heavy atom. The maximum Gasteiger partial charge on any atom is 0.0704 e. The average molecular weight is 231 g/mol. The Morgan fingerprint density at radius 2 is 2.00 bits per heavy atom. The van der Waals surface area contributed by atoms with Crippen LogP contribution in [0.5, 0.6) is 0 Å². The van der Waals surface area contributed by atoms with Gasteiger partial charge >= 0.3 is 0 Å². The second-order valence-electron chi connectivity index (χ2n) is 4.43. The number of hydrogen-bond acceptors (Lipinski definition) is 4. The van der Waals surface area contributed by atoms with Crippen molar-refractivity contribution >= 4 is 0 Å². The molecule has 1 saturated heterocycles. The highest BCUT2D eigenvalue weighted by Crippen LogP contribution is 2.14. The number of hydrogen-bond donors (Lipinski definition) is 1. The minimum atomic E-state index is -0.175. The number of ether oxygens (including phenoxy) is 2. The monoisotopic (exact) mass is 231 g/mol. The van der Waals surface area contributed by atoms with Crippen molar-refractivity contribution in [3.05, 3.63) is 0 Å². The van der Waals surface area contributed by atoms with Crippen LogP contribution in [0, 0.1) is 0 Å². The van der Waals surface area contributed by atoms with Crippen LogP contribution in [0.15, 0.2) is 0 Å². The maximum atomic E-state index is 9.56. The molecule has 4 nitrogen and oxygen atoms in total. The molecule has 1 rings (SSSR count). The van der Waals surface area contributed by atoms with E-state index in [0.717, 1.165) is 38.9 Å². The number of nitrogens with zero attached hydrogens (tertiary/aromatic N) is 1. The van der Waals surface area contributed by atoms with Crippen molar-refractivity contribution in [3.8, 4) is 0 Å². The van der Waals surface area contributed by atoms with Gasteiger partial charge in [-0.25, -0.2) is 0 Å². The number of likely N-dealkylation sites (tertiary alicyclic amines) is 1. The molecule has 1 atom stereocenters. The molecule has 0 aromatic carbocycles. The normalized spacial score (nSPS) is 21.2. The van der Waals surface area contributed by atoms with E-state index in [1.54, 1.807) is 7.11 Å². The summed E-state index contributed by atoms with van der Waals surface area (Å²) in [4.78, 5) is 2.32. The second kappa shape index (κ2) is 8.01. The first kappa shape index (κ1) is 13.9. The predicted molar refractivity (Wildman–Crippen MR) is 63.6 cm³/mol. The van der Waals surface area contributed by atoms with Crippen molar-refractivity contribution in [3.63, 3.8) is 0 Å². The molecule has 96 valence electrons. The standard InChI is InChI=1S/C12H25NO3/c1-3-11(14)10-13-6-4-12(5-7-13)16-9-8-15-2/h11-12,14H,3-10H2,1-2H3. The molecule has 1 aliphatic rings. The van der Waals surface area contributed by atoms with E-state index in [9.17, 15) is 5.11 Å². The van der Waals surface area contributed by atoms with Crippen molar-refractivity contribution in [2.24, 2.45) is 0 Å². The zero-order chi connectivity index (χ0) is 11.8. The van der Waals surface area contributed by atoms with Gasteiger partial charge in [0.1, 0.15) is 0 Å². The van der Waals surface area contributed by atoms with E-state index >= 15 is 0 Å². The molecular formula is C12H25NO3. The Balaban J connectivity index is 2.08. The molecule has 0 saturated carbocycles. The van der Waals surface area contributed by atoms with Gasteiger partial charge in [-0.1, -0.05) is 6.92 Å². The van der Waals surface area contributed by atoms with Crippen molar-refractivity contribution < 1.29 is 14.6 Å². The number of aliphatic hydroxyl groups excluding tert-OH is 1. The predicted octanol–water partition coefficient (Wildman–Crippen LogP) is 0.885. The number of piperidine rings is 1. The molecule has 0 bridgehead atoms. The molecule has 1 N–H and O–H groups in total. The van der Waals surface area contributed by atoms with Crippen LogP contribution in [0.4, 0.5) is 0 Å². The quantitative estimate of drug-likeness (QED) is 0.661. The lowest BCUT2D eigenvalue weighted by Crippen LogP contribution is -2.41. The average Bonchev–Trinajstić information content (AvgIpc) is 2.31. The summed E-state index contributed by atoms with van der Waals surface area (Å²) in [5, 5.41) is 9.56. The summed E-state index contributed by atoms with van der Waals surface area (Å²) in [5.74, 6) is 0. The minimum Gasteiger partial charge on any atom is -0.392 e. The number of β-amino-alcohol motifs (C(OH)–C–C–N with tert-alkyl or cyclic N) is 1. The molecule has 0 aliphatic carbocycles. The third-order valence-electron chi connectivity index (χ3n) is 3.12. The Hall–Kier alpha value is -0.160. The van der Waals surface area contributed by atoms with E-state index in [1.165, 1.54) is 0 Å². The van der Waals surface area contributed by atoms with E-state index in [-0.39, 0.29) is 6.10 Å². The summed E-state index contributed by atoms with van der Waals surface area (Å²) in [6.45, 7) is 6.27. The summed E-state index contributed by atoms with van der Waals surface area (Å²) in [5.41, 5.74) is 0. The molecule has 0 radical (unpaired) electrons. The summed E-state index contributed by atoms with van der Waals surface area (Å²) in [7, 11) is 1.69. The molecule has 1 unspecified atom stereocenters. The Kier molecular flexibility index (Phi) is 6.96. The molecule has 0 aromatic heterocycles. The fraction of sp³-hybridized carbons (Fsp3) is 1.00. The molecule has 0 spiro atoms. The first-order valence-corrected chi connectivity index (χ1v) is 6.27. The van der Waals surface area contributed by atoms with Gasteiger partial charge in [-0.15, -0.1) is 0 Å². The molecule has 1 fully saturated rings. The number of methoxy groups -OCH3 is 1. The third kappa shape index (κ3) is 5.25. The SMILES string of the molecule is CCC(O)CN1CCC(OCCOC)CC1. The molecule has 1 heterocycles. The number of aliphatic hydroxyl groups is 1. The van der Waals surface area contributed by atoms with Gasteiger partial charge < -0.3 is 19.5 Å². The highest BCUT2D eigenvalue weighted by atomic mass is 16.5. The second-order valence-corrected chi connectivity index (χ2v) is 4.43. The van der Waals surface area contributed by atoms with Gasteiger partial charge in [0, 0.05) is 26.7 Å². The van der Waals surface area contributed by atoms with Crippen LogP contribution in [0.2, 0.25) is 0 Å². The van der Waals surface area contributed by atoms with Crippen molar-refractivity contribution in [2.75, 3.05) is 40.0 Å². The summed E-state index contributed by atoms with van der Waals surface area (Å²) in [6.07, 6.45) is 3.18. The summed E-state index contributed by atoms with van der Waals surface area (Å²) < 4.78 is 10.6. The Bertz CT molecular complexity index is 170. The minimum absolute atomic E-state index is 0.175. The molecule has 0 aromatic rings. The first-order chi connectivity index (χ1) is 7.76. The van der Waals surface area contributed by atoms with Crippen LogP contribution in [-0.2, 0) is 9.47 Å². The van der Waals surface area contributed by atoms with E-state index < -0.39 is 0 Å². The zero-order valence-corrected chi connectivity index (χ0v) is 10.5. The first-order valence-electron chi connectivity index (χ1n) is 6.27. The van der Waals surface area contributed by atoms with E-state index in [2.05, 4.69) is 4.90 Å². The van der Waals surface area contributed by atoms with Gasteiger partial charge in [-0.3, -0.25) is 0 Å². The summed E-state index contributed by atoms with van der Waals surface area (Å²) >= 11 is 0. The van der Waals surface area contributed by atoms with Crippen LogP contribution < -0.4 is 0 Å². The molecular weight excluding hydrogens is 206 g/mol. The van der Waals surface area contributed by atoms with Crippen molar-refractivity contribution in [1.29, 1.82) is 0 Å². The fourth-order valence-corrected chi connectivity index (χ4v) is 1.98. The van der Waals surface area contributed by atoms with Crippen LogP contribution in [0.1, 0.15) is 26.2 Å². The molecule has 1 aliphatic heterocycles. The smallest absolute Gasteiger partial charge is 0.0704 e. The van der Waals surface area contributed by atoms with Gasteiger partial charge in [0.05, 0.1) is 25.4 Å². The Morgan fingerprint density at radius 3 is 2.56 bits per heavy atom. The van der Waals surface area contributed by atoms with Gasteiger partial charge in [0.15, 0.2) is 0 Å². The lowest BCUT2D eigenvalue weighted by atomic mass is 10.1. The highest BCUT2D eigenvalue weighted by molar-refractivity contribution is 4.74. The number of rotatable bonds is 7. The third-order valence-corrected chi connectivity index (χ3v) is 3.12. The van der Waals surface area contributed by atoms with Gasteiger partial charge in [0.2, 0.25) is 0 Å². The highest BCUT2D eigenvalue weighted by Gasteiger charge is 2.20. The van der Waals surface area contributed by atoms with Gasteiger partial charge in [-0.05, 0) is 19.3 Å². The summed E-state index contributed by atoms with van der Waals surface area (Å²) in [6, 6.07) is 0. The van der Waals surface area contributed by atoms with Crippen LogP contribution in [-0.4, -0.2) is 62.2 Å². The molecule has 4 heteroatoms. The zero-order valence-electron chi connectivity index (χ0n) is 10.5. The van der Waals surface area contributed by atoms with E-state index in [0.29, 0.717) is 19.3 Å². The van der Waals surface area contributed by atoms with E-state index in [4.69, 9.17) is 9.47 Å². The van der Waals surface area contributed by atoms with Gasteiger partial charge in [-0.2, -0.15) is 0 Å². The van der Waals surface area contributed by atoms with Gasteiger partial charge in [0.25, 0.3) is 0 Å². The topological polar surface area (TPSA) is 41.9 Å². The lowest BCUT2D eigenvalue weighted by Gasteiger charge is -2.32. The lowest BCUT2D eigenvalue weighted by molar-refractivity contribution is -0.0207. The molecule has 16 heavy (non-hydrogen) atoms. The molecule has 0 amide bonds. The Labute approximate surface area is 98.5 Å². The van der Waals surface area contributed by atoms with Crippen LogP contribution in [0.3, 0.4) is 0 Å². The van der Waals surface area contributed by atoms with E-state index in [1.807, 2.05) is 6.92 Å². The largest absolute Gasteiger partial charge is 0.392 e. The fourth-order valence-electron chi connectivity index (χ4n) is 1.98. The van der Waals surface area contributed by atoms with Crippen LogP contribution >= 0.6 is 0 Å².